The number of nitrogens with zero attached hydrogens (tertiary/aromatic N) is 4. The highest BCUT2D eigenvalue weighted by Gasteiger charge is 2.11. The molecule has 0 unspecified atom stereocenters. The Hall–Kier alpha value is -3.11. The minimum Gasteiger partial charge on any atom is -0.321 e. The van der Waals surface area contributed by atoms with Gasteiger partial charge in [0.15, 0.2) is 5.82 Å². The number of rotatable bonds is 4. The third-order valence-electron chi connectivity index (χ3n) is 3.10. The third-order valence-corrected chi connectivity index (χ3v) is 4.03. The topological polar surface area (TPSA) is 133 Å². The van der Waals surface area contributed by atoms with Crippen molar-refractivity contribution in [2.75, 3.05) is 5.32 Å². The monoisotopic (exact) mass is 344 g/mol. The van der Waals surface area contributed by atoms with E-state index in [1.165, 1.54) is 47.8 Å². The highest BCUT2D eigenvalue weighted by molar-refractivity contribution is 7.89. The molecule has 122 valence electrons. The Balaban J connectivity index is 1.73. The number of hydrogen-bond acceptors (Lipinski definition) is 6. The van der Waals surface area contributed by atoms with Gasteiger partial charge in [-0.1, -0.05) is 0 Å². The summed E-state index contributed by atoms with van der Waals surface area (Å²) in [6.07, 6.45) is 4.38. The zero-order valence-electron chi connectivity index (χ0n) is 12.2. The van der Waals surface area contributed by atoms with Gasteiger partial charge in [0.25, 0.3) is 5.91 Å². The summed E-state index contributed by atoms with van der Waals surface area (Å²) in [6.45, 7) is 0. The SMILES string of the molecule is NS(=O)(=O)c1ccc(C(=O)Nc2ccc(-n3cncn3)nc2)cc1. The van der Waals surface area contributed by atoms with Crippen LogP contribution in [0.1, 0.15) is 10.4 Å². The summed E-state index contributed by atoms with van der Waals surface area (Å²) in [5.41, 5.74) is 0.780. The van der Waals surface area contributed by atoms with Gasteiger partial charge in [0.2, 0.25) is 10.0 Å². The minimum atomic E-state index is -3.79. The highest BCUT2D eigenvalue weighted by Crippen LogP contribution is 2.13. The lowest BCUT2D eigenvalue weighted by Crippen LogP contribution is -2.14. The van der Waals surface area contributed by atoms with Crippen LogP contribution in [0.5, 0.6) is 0 Å². The highest BCUT2D eigenvalue weighted by atomic mass is 32.2. The molecule has 0 aliphatic rings. The number of nitrogens with one attached hydrogen (secondary N) is 1. The summed E-state index contributed by atoms with van der Waals surface area (Å²) >= 11 is 0. The Bertz CT molecular complexity index is 951. The molecule has 0 radical (unpaired) electrons. The Morgan fingerprint density at radius 1 is 1.12 bits per heavy atom. The molecule has 3 rings (SSSR count). The second kappa shape index (κ2) is 6.18. The molecule has 0 saturated heterocycles. The van der Waals surface area contributed by atoms with Crippen molar-refractivity contribution in [3.05, 3.63) is 60.8 Å². The van der Waals surface area contributed by atoms with E-state index < -0.39 is 15.9 Å². The number of nitrogens with two attached hydrogens (primary N) is 1. The summed E-state index contributed by atoms with van der Waals surface area (Å²) < 4.78 is 23.9. The Labute approximate surface area is 137 Å². The molecule has 10 heteroatoms. The third kappa shape index (κ3) is 3.45. The van der Waals surface area contributed by atoms with Crippen LogP contribution >= 0.6 is 0 Å². The normalized spacial score (nSPS) is 11.2. The lowest BCUT2D eigenvalue weighted by atomic mass is 10.2. The number of sulfonamides is 1. The van der Waals surface area contributed by atoms with Gasteiger partial charge in [-0.15, -0.1) is 0 Å². The molecule has 2 aromatic heterocycles. The maximum Gasteiger partial charge on any atom is 0.255 e. The fourth-order valence-corrected chi connectivity index (χ4v) is 2.44. The van der Waals surface area contributed by atoms with E-state index in [1.54, 1.807) is 12.1 Å². The van der Waals surface area contributed by atoms with Crippen LogP contribution in [0, 0.1) is 0 Å². The molecular formula is C14H12N6O3S. The molecule has 0 spiro atoms. The number of primary sulfonamides is 1. The Morgan fingerprint density at radius 3 is 2.42 bits per heavy atom. The second-order valence-electron chi connectivity index (χ2n) is 4.77. The molecule has 0 atom stereocenters. The maximum atomic E-state index is 12.1. The summed E-state index contributed by atoms with van der Waals surface area (Å²) in [6, 6.07) is 8.65. The summed E-state index contributed by atoms with van der Waals surface area (Å²) in [5, 5.41) is 11.6. The van der Waals surface area contributed by atoms with Crippen LogP contribution in [0.2, 0.25) is 0 Å². The second-order valence-corrected chi connectivity index (χ2v) is 6.33. The van der Waals surface area contributed by atoms with Crippen LogP contribution in [-0.2, 0) is 10.0 Å². The maximum absolute atomic E-state index is 12.1. The first-order valence-electron chi connectivity index (χ1n) is 6.69. The molecule has 1 amide bonds. The number of carbonyl (C=O) groups excluding carboxylic acids is 1. The van der Waals surface area contributed by atoms with Crippen LogP contribution in [0.25, 0.3) is 5.82 Å². The summed E-state index contributed by atoms with van der Waals surface area (Å²) in [5.74, 6) is 0.161. The zero-order chi connectivity index (χ0) is 17.2. The van der Waals surface area contributed by atoms with E-state index in [4.69, 9.17) is 5.14 Å². The molecule has 1 aromatic carbocycles. The summed E-state index contributed by atoms with van der Waals surface area (Å²) in [7, 11) is -3.79. The first-order chi connectivity index (χ1) is 11.4. The van der Waals surface area contributed by atoms with Crippen LogP contribution in [-0.4, -0.2) is 34.1 Å². The lowest BCUT2D eigenvalue weighted by molar-refractivity contribution is 0.102. The average molecular weight is 344 g/mol. The minimum absolute atomic E-state index is 0.0575. The molecule has 0 saturated carbocycles. The van der Waals surface area contributed by atoms with Gasteiger partial charge in [-0.2, -0.15) is 5.10 Å². The quantitative estimate of drug-likeness (QED) is 0.710. The number of amides is 1. The van der Waals surface area contributed by atoms with Crippen molar-refractivity contribution in [2.24, 2.45) is 5.14 Å². The molecule has 0 fully saturated rings. The molecule has 0 aliphatic heterocycles. The smallest absolute Gasteiger partial charge is 0.255 e. The molecule has 9 nitrogen and oxygen atoms in total. The van der Waals surface area contributed by atoms with Crippen LogP contribution in [0.15, 0.2) is 60.1 Å². The number of aromatic nitrogens is 4. The molecule has 2 heterocycles. The Morgan fingerprint density at radius 2 is 1.88 bits per heavy atom. The van der Waals surface area contributed by atoms with Gasteiger partial charge < -0.3 is 5.32 Å². The molecule has 3 aromatic rings. The lowest BCUT2D eigenvalue weighted by Gasteiger charge is -2.06. The van der Waals surface area contributed by atoms with Gasteiger partial charge in [0, 0.05) is 5.56 Å². The van der Waals surface area contributed by atoms with E-state index in [0.717, 1.165) is 0 Å². The van der Waals surface area contributed by atoms with Crippen LogP contribution in [0.4, 0.5) is 5.69 Å². The largest absolute Gasteiger partial charge is 0.321 e. The predicted molar refractivity (Wildman–Crippen MR) is 84.9 cm³/mol. The fourth-order valence-electron chi connectivity index (χ4n) is 1.92. The molecule has 0 bridgehead atoms. The van der Waals surface area contributed by atoms with E-state index in [1.807, 2.05) is 0 Å². The van der Waals surface area contributed by atoms with Crippen LogP contribution in [0.3, 0.4) is 0 Å². The van der Waals surface area contributed by atoms with Crippen LogP contribution < -0.4 is 10.5 Å². The van der Waals surface area contributed by atoms with Crippen molar-refractivity contribution in [2.45, 2.75) is 4.90 Å². The Kier molecular flexibility index (Phi) is 4.06. The van der Waals surface area contributed by atoms with Gasteiger partial charge >= 0.3 is 0 Å². The molecular weight excluding hydrogens is 332 g/mol. The number of carbonyl (C=O) groups is 1. The first kappa shape index (κ1) is 15.8. The first-order valence-corrected chi connectivity index (χ1v) is 8.23. The van der Waals surface area contributed by atoms with Gasteiger partial charge in [-0.05, 0) is 36.4 Å². The van der Waals surface area contributed by atoms with Crippen molar-refractivity contribution in [1.29, 1.82) is 0 Å². The molecule has 0 aliphatic carbocycles. The van der Waals surface area contributed by atoms with E-state index in [2.05, 4.69) is 20.4 Å². The number of anilines is 1. The van der Waals surface area contributed by atoms with Crippen molar-refractivity contribution < 1.29 is 13.2 Å². The van der Waals surface area contributed by atoms with Crippen molar-refractivity contribution in [3.63, 3.8) is 0 Å². The number of hydrogen-bond donors (Lipinski definition) is 2. The molecule has 3 N–H and O–H groups in total. The van der Waals surface area contributed by atoms with Crippen molar-refractivity contribution >= 4 is 21.6 Å². The van der Waals surface area contributed by atoms with Gasteiger partial charge in [0.1, 0.15) is 12.7 Å². The number of pyridine rings is 1. The fraction of sp³-hybridized carbons (Fsp3) is 0. The number of benzene rings is 1. The average Bonchev–Trinajstić information content (AvgIpc) is 3.09. The van der Waals surface area contributed by atoms with E-state index >= 15 is 0 Å². The van der Waals surface area contributed by atoms with E-state index in [-0.39, 0.29) is 4.90 Å². The summed E-state index contributed by atoms with van der Waals surface area (Å²) in [4.78, 5) is 20.1. The van der Waals surface area contributed by atoms with E-state index in [0.29, 0.717) is 17.1 Å². The van der Waals surface area contributed by atoms with Gasteiger partial charge in [-0.25, -0.2) is 28.2 Å². The standard InChI is InChI=1S/C14H12N6O3S/c15-24(22,23)12-4-1-10(2-5-12)14(21)19-11-3-6-13(17-7-11)20-9-16-8-18-20/h1-9H,(H,19,21)(H2,15,22,23). The molecule has 24 heavy (non-hydrogen) atoms. The van der Waals surface area contributed by atoms with Crippen molar-refractivity contribution in [1.82, 2.24) is 19.7 Å². The van der Waals surface area contributed by atoms with Crippen molar-refractivity contribution in [3.8, 4) is 5.82 Å². The van der Waals surface area contributed by atoms with Gasteiger partial charge in [0.05, 0.1) is 16.8 Å². The van der Waals surface area contributed by atoms with Gasteiger partial charge in [-0.3, -0.25) is 4.79 Å². The predicted octanol–water partition coefficient (Wildman–Crippen LogP) is 0.562. The van der Waals surface area contributed by atoms with E-state index in [9.17, 15) is 13.2 Å². The zero-order valence-corrected chi connectivity index (χ0v) is 13.0.